The number of hydrogen-bond acceptors (Lipinski definition) is 7. The topological polar surface area (TPSA) is 154 Å². The molecule has 1 aromatic carbocycles. The van der Waals surface area contributed by atoms with Gasteiger partial charge in [0.2, 0.25) is 5.95 Å². The van der Waals surface area contributed by atoms with Crippen LogP contribution in [0.2, 0.25) is 0 Å². The van der Waals surface area contributed by atoms with Gasteiger partial charge in [-0.05, 0) is 53.4 Å². The molecule has 0 bridgehead atoms. The molecular weight excluding hydrogens is 480 g/mol. The first-order valence-corrected chi connectivity index (χ1v) is 11.0. The Hall–Kier alpha value is -3.41. The number of benzene rings is 1. The minimum absolute atomic E-state index is 0.0990. The number of carbonyl (C=O) groups excluding carboxylic acids is 3. The van der Waals surface area contributed by atoms with Crippen molar-refractivity contribution in [2.24, 2.45) is 5.73 Å². The highest BCUT2D eigenvalue weighted by atomic mass is 79.9. The summed E-state index contributed by atoms with van der Waals surface area (Å²) in [4.78, 5) is 44.6. The number of halogens is 1. The largest absolute Gasteiger partial charge is 0.369 e. The fourth-order valence-corrected chi connectivity index (χ4v) is 3.39. The van der Waals surface area contributed by atoms with E-state index in [2.05, 4.69) is 47.2 Å². The van der Waals surface area contributed by atoms with Gasteiger partial charge in [-0.3, -0.25) is 9.59 Å². The number of rotatable bonds is 8. The number of carbonyl (C=O) groups is 3. The molecule has 1 aliphatic rings. The van der Waals surface area contributed by atoms with E-state index in [0.29, 0.717) is 41.4 Å². The SMILES string of the molecule is NC(=O)C(=O)NCCCNc1nc(Nc2cccc(NC(=O)N3CCCC3)c2)ncc1Br. The minimum atomic E-state index is -1.01. The molecule has 1 aromatic heterocycles. The summed E-state index contributed by atoms with van der Waals surface area (Å²) in [6, 6.07) is 7.23. The minimum Gasteiger partial charge on any atom is -0.369 e. The smallest absolute Gasteiger partial charge is 0.321 e. The Morgan fingerprint density at radius 1 is 1.12 bits per heavy atom. The average molecular weight is 505 g/mol. The van der Waals surface area contributed by atoms with Crippen molar-refractivity contribution in [2.45, 2.75) is 19.3 Å². The van der Waals surface area contributed by atoms with Crippen LogP contribution >= 0.6 is 15.9 Å². The monoisotopic (exact) mass is 504 g/mol. The molecule has 11 nitrogen and oxygen atoms in total. The van der Waals surface area contributed by atoms with Crippen molar-refractivity contribution in [1.82, 2.24) is 20.2 Å². The molecule has 3 rings (SSSR count). The third-order valence-corrected chi connectivity index (χ3v) is 5.24. The maximum Gasteiger partial charge on any atom is 0.321 e. The highest BCUT2D eigenvalue weighted by Gasteiger charge is 2.17. The molecule has 170 valence electrons. The molecule has 0 spiro atoms. The summed E-state index contributed by atoms with van der Waals surface area (Å²) in [5.74, 6) is -0.867. The molecule has 1 aliphatic heterocycles. The molecular formula is C20H25BrN8O3. The fourth-order valence-electron chi connectivity index (χ4n) is 3.06. The normalized spacial score (nSPS) is 12.8. The third-order valence-electron chi connectivity index (χ3n) is 4.66. The lowest BCUT2D eigenvalue weighted by Gasteiger charge is -2.16. The van der Waals surface area contributed by atoms with Gasteiger partial charge in [0.1, 0.15) is 5.82 Å². The maximum absolute atomic E-state index is 12.3. The Bertz CT molecular complexity index is 981. The molecule has 2 aromatic rings. The molecule has 0 radical (unpaired) electrons. The first kappa shape index (κ1) is 23.3. The van der Waals surface area contributed by atoms with Crippen LogP contribution in [-0.2, 0) is 9.59 Å². The van der Waals surface area contributed by atoms with Gasteiger partial charge in [0.15, 0.2) is 0 Å². The Morgan fingerprint density at radius 2 is 1.88 bits per heavy atom. The number of amides is 4. The summed E-state index contributed by atoms with van der Waals surface area (Å²) < 4.78 is 0.677. The fraction of sp³-hybridized carbons (Fsp3) is 0.350. The van der Waals surface area contributed by atoms with E-state index in [1.165, 1.54) is 0 Å². The second-order valence-corrected chi connectivity index (χ2v) is 7.98. The summed E-state index contributed by atoms with van der Waals surface area (Å²) in [6.45, 7) is 2.37. The Morgan fingerprint density at radius 3 is 2.62 bits per heavy atom. The second-order valence-electron chi connectivity index (χ2n) is 7.12. The summed E-state index contributed by atoms with van der Waals surface area (Å²) in [6.07, 6.45) is 4.26. The molecule has 1 fully saturated rings. The molecule has 32 heavy (non-hydrogen) atoms. The zero-order valence-electron chi connectivity index (χ0n) is 17.4. The molecule has 0 atom stereocenters. The molecule has 6 N–H and O–H groups in total. The number of anilines is 4. The van der Waals surface area contributed by atoms with Crippen molar-refractivity contribution in [2.75, 3.05) is 42.1 Å². The van der Waals surface area contributed by atoms with Crippen LogP contribution in [0.15, 0.2) is 34.9 Å². The highest BCUT2D eigenvalue weighted by Crippen LogP contribution is 2.23. The van der Waals surface area contributed by atoms with Crippen LogP contribution in [0.4, 0.5) is 27.9 Å². The van der Waals surface area contributed by atoms with E-state index in [1.807, 2.05) is 24.3 Å². The van der Waals surface area contributed by atoms with Gasteiger partial charge in [-0.1, -0.05) is 6.07 Å². The lowest BCUT2D eigenvalue weighted by molar-refractivity contribution is -0.137. The lowest BCUT2D eigenvalue weighted by Crippen LogP contribution is -2.36. The van der Waals surface area contributed by atoms with Crippen LogP contribution < -0.4 is 27.0 Å². The number of nitrogens with two attached hydrogens (primary N) is 1. The van der Waals surface area contributed by atoms with Crippen LogP contribution in [0.5, 0.6) is 0 Å². The highest BCUT2D eigenvalue weighted by molar-refractivity contribution is 9.10. The Labute approximate surface area is 193 Å². The number of nitrogens with zero attached hydrogens (tertiary/aromatic N) is 3. The predicted octanol–water partition coefficient (Wildman–Crippen LogP) is 2.01. The summed E-state index contributed by atoms with van der Waals surface area (Å²) in [7, 11) is 0. The second kappa shape index (κ2) is 11.3. The van der Waals surface area contributed by atoms with E-state index < -0.39 is 11.8 Å². The van der Waals surface area contributed by atoms with Crippen molar-refractivity contribution in [1.29, 1.82) is 0 Å². The maximum atomic E-state index is 12.3. The summed E-state index contributed by atoms with van der Waals surface area (Å²) >= 11 is 3.40. The lowest BCUT2D eigenvalue weighted by atomic mass is 10.3. The molecule has 0 aliphatic carbocycles. The van der Waals surface area contributed by atoms with Crippen molar-refractivity contribution in [3.05, 3.63) is 34.9 Å². The van der Waals surface area contributed by atoms with E-state index in [4.69, 9.17) is 5.73 Å². The van der Waals surface area contributed by atoms with E-state index in [9.17, 15) is 14.4 Å². The van der Waals surface area contributed by atoms with Crippen LogP contribution in [0.3, 0.4) is 0 Å². The van der Waals surface area contributed by atoms with E-state index in [-0.39, 0.29) is 6.03 Å². The molecule has 0 unspecified atom stereocenters. The quantitative estimate of drug-likeness (QED) is 0.272. The van der Waals surface area contributed by atoms with Gasteiger partial charge >= 0.3 is 17.8 Å². The number of likely N-dealkylation sites (tertiary alicyclic amines) is 1. The van der Waals surface area contributed by atoms with Gasteiger partial charge in [-0.25, -0.2) is 9.78 Å². The zero-order valence-corrected chi connectivity index (χ0v) is 18.9. The van der Waals surface area contributed by atoms with Crippen LogP contribution in [0.25, 0.3) is 0 Å². The first-order valence-electron chi connectivity index (χ1n) is 10.2. The van der Waals surface area contributed by atoms with Gasteiger partial charge in [-0.2, -0.15) is 4.98 Å². The molecule has 12 heteroatoms. The predicted molar refractivity (Wildman–Crippen MR) is 125 cm³/mol. The third kappa shape index (κ3) is 6.80. The molecule has 1 saturated heterocycles. The van der Waals surface area contributed by atoms with E-state index in [1.54, 1.807) is 11.1 Å². The Balaban J connectivity index is 1.54. The van der Waals surface area contributed by atoms with Gasteiger partial charge in [0.25, 0.3) is 0 Å². The van der Waals surface area contributed by atoms with Crippen LogP contribution in [-0.4, -0.2) is 58.9 Å². The van der Waals surface area contributed by atoms with E-state index >= 15 is 0 Å². The molecule has 2 heterocycles. The van der Waals surface area contributed by atoms with Crippen LogP contribution in [0, 0.1) is 0 Å². The van der Waals surface area contributed by atoms with Crippen molar-refractivity contribution < 1.29 is 14.4 Å². The van der Waals surface area contributed by atoms with Gasteiger partial charge < -0.3 is 31.9 Å². The van der Waals surface area contributed by atoms with E-state index in [0.717, 1.165) is 31.6 Å². The number of hydrogen-bond donors (Lipinski definition) is 5. The Kier molecular flexibility index (Phi) is 8.20. The summed E-state index contributed by atoms with van der Waals surface area (Å²) in [5.41, 5.74) is 6.29. The van der Waals surface area contributed by atoms with Crippen LogP contribution in [0.1, 0.15) is 19.3 Å². The number of primary amides is 1. The first-order chi connectivity index (χ1) is 15.4. The molecule has 0 saturated carbocycles. The zero-order chi connectivity index (χ0) is 22.9. The summed E-state index contributed by atoms with van der Waals surface area (Å²) in [5, 5.41) is 11.6. The van der Waals surface area contributed by atoms with Gasteiger partial charge in [0, 0.05) is 43.8 Å². The molecule has 4 amide bonds. The standard InChI is InChI=1S/C20H25BrN8O3/c21-15-12-25-19(28-17(15)23-7-4-8-24-18(31)16(22)30)26-13-5-3-6-14(11-13)27-20(32)29-9-1-2-10-29/h3,5-6,11-12H,1-2,4,7-10H2,(H2,22,30)(H,24,31)(H,27,32)(H2,23,25,26,28). The van der Waals surface area contributed by atoms with Crippen molar-refractivity contribution >= 4 is 56.9 Å². The average Bonchev–Trinajstić information content (AvgIpc) is 3.31. The van der Waals surface area contributed by atoms with Gasteiger partial charge in [-0.15, -0.1) is 0 Å². The number of nitrogens with one attached hydrogen (secondary N) is 4. The van der Waals surface area contributed by atoms with Gasteiger partial charge in [0.05, 0.1) is 4.47 Å². The van der Waals surface area contributed by atoms with Crippen molar-refractivity contribution in [3.63, 3.8) is 0 Å². The number of urea groups is 1. The number of aromatic nitrogens is 2. The van der Waals surface area contributed by atoms with Crippen molar-refractivity contribution in [3.8, 4) is 0 Å².